The molecule has 39 heavy (non-hydrogen) atoms. The number of carboxylic acid groups (broad SMARTS) is 2. The lowest BCUT2D eigenvalue weighted by molar-refractivity contribution is -0.179. The summed E-state index contributed by atoms with van der Waals surface area (Å²) in [7, 11) is 0. The van der Waals surface area contributed by atoms with Crippen LogP contribution in [0.15, 0.2) is 0 Å². The summed E-state index contributed by atoms with van der Waals surface area (Å²) in [5, 5.41) is 26.6. The van der Waals surface area contributed by atoms with Crippen LogP contribution in [0.2, 0.25) is 0 Å². The van der Waals surface area contributed by atoms with Crippen molar-refractivity contribution in [3.63, 3.8) is 0 Å². The zero-order valence-electron chi connectivity index (χ0n) is 25.4. The summed E-state index contributed by atoms with van der Waals surface area (Å²) < 4.78 is 11.5. The lowest BCUT2D eigenvalue weighted by atomic mass is 9.90. The SMILES string of the molecule is CCCCCC(CC)(CC)OC(=O)CC(O)C(=O)OC(CC)(CC)CCCCC.O=C(O)CCCCC(=O)O. The molecule has 0 aliphatic rings. The van der Waals surface area contributed by atoms with E-state index in [1.54, 1.807) is 0 Å². The molecule has 0 heterocycles. The van der Waals surface area contributed by atoms with E-state index in [2.05, 4.69) is 13.8 Å². The predicted molar refractivity (Wildman–Crippen MR) is 151 cm³/mol. The molecule has 0 aliphatic heterocycles. The van der Waals surface area contributed by atoms with Crippen molar-refractivity contribution < 1.29 is 44.0 Å². The minimum atomic E-state index is -1.48. The molecule has 0 aromatic carbocycles. The molecule has 0 rings (SSSR count). The third-order valence-electron chi connectivity index (χ3n) is 7.36. The Kier molecular flexibility index (Phi) is 22.6. The van der Waals surface area contributed by atoms with Gasteiger partial charge in [0, 0.05) is 12.8 Å². The number of hydrogen-bond donors (Lipinski definition) is 3. The molecule has 0 aromatic heterocycles. The highest BCUT2D eigenvalue weighted by atomic mass is 16.6. The minimum absolute atomic E-state index is 0.0628. The molecule has 9 nitrogen and oxygen atoms in total. The maximum atomic E-state index is 12.5. The van der Waals surface area contributed by atoms with Crippen molar-refractivity contribution in [3.8, 4) is 0 Å². The van der Waals surface area contributed by atoms with Crippen molar-refractivity contribution in [1.82, 2.24) is 0 Å². The van der Waals surface area contributed by atoms with Gasteiger partial charge < -0.3 is 24.8 Å². The number of aliphatic hydroxyl groups is 1. The average Bonchev–Trinajstić information content (AvgIpc) is 2.90. The van der Waals surface area contributed by atoms with Crippen LogP contribution in [0.25, 0.3) is 0 Å². The molecule has 0 saturated heterocycles. The molecule has 9 heteroatoms. The number of carbonyl (C=O) groups is 4. The van der Waals surface area contributed by atoms with E-state index in [1.807, 2.05) is 27.7 Å². The molecule has 1 atom stereocenters. The highest BCUT2D eigenvalue weighted by Crippen LogP contribution is 2.30. The third-order valence-corrected chi connectivity index (χ3v) is 7.36. The van der Waals surface area contributed by atoms with Crippen LogP contribution in [0.5, 0.6) is 0 Å². The molecule has 0 bridgehead atoms. The molecule has 1 unspecified atom stereocenters. The Morgan fingerprint density at radius 1 is 0.615 bits per heavy atom. The van der Waals surface area contributed by atoms with Crippen LogP contribution in [0, 0.1) is 0 Å². The fourth-order valence-corrected chi connectivity index (χ4v) is 4.35. The van der Waals surface area contributed by atoms with Gasteiger partial charge in [-0.15, -0.1) is 0 Å². The zero-order chi connectivity index (χ0) is 30.3. The van der Waals surface area contributed by atoms with E-state index < -0.39 is 41.2 Å². The Labute approximate surface area is 236 Å². The second-order valence-electron chi connectivity index (χ2n) is 10.3. The van der Waals surface area contributed by atoms with Crippen molar-refractivity contribution >= 4 is 23.9 Å². The van der Waals surface area contributed by atoms with Crippen molar-refractivity contribution in [2.75, 3.05) is 0 Å². The molecule has 0 radical (unpaired) electrons. The Hall–Kier alpha value is -2.16. The molecule has 230 valence electrons. The van der Waals surface area contributed by atoms with E-state index >= 15 is 0 Å². The number of unbranched alkanes of at least 4 members (excludes halogenated alkanes) is 5. The fraction of sp³-hybridized carbons (Fsp3) is 0.867. The van der Waals surface area contributed by atoms with Crippen LogP contribution >= 0.6 is 0 Å². The van der Waals surface area contributed by atoms with Gasteiger partial charge in [-0.05, 0) is 64.2 Å². The van der Waals surface area contributed by atoms with E-state index in [0.29, 0.717) is 25.7 Å². The smallest absolute Gasteiger partial charge is 0.336 e. The molecule has 0 saturated carbocycles. The number of aliphatic hydroxyl groups excluding tert-OH is 1. The van der Waals surface area contributed by atoms with Gasteiger partial charge >= 0.3 is 23.9 Å². The van der Waals surface area contributed by atoms with Crippen LogP contribution in [-0.4, -0.2) is 56.5 Å². The van der Waals surface area contributed by atoms with E-state index in [4.69, 9.17) is 19.7 Å². The Balaban J connectivity index is 0. The first-order chi connectivity index (χ1) is 18.4. The van der Waals surface area contributed by atoms with Gasteiger partial charge in [-0.25, -0.2) is 4.79 Å². The summed E-state index contributed by atoms with van der Waals surface area (Å²) in [6.07, 6.45) is 10.0. The first-order valence-corrected chi connectivity index (χ1v) is 15.0. The van der Waals surface area contributed by atoms with Crippen molar-refractivity contribution in [2.24, 2.45) is 0 Å². The molecule has 0 aliphatic carbocycles. The number of aliphatic carboxylic acids is 2. The van der Waals surface area contributed by atoms with Gasteiger partial charge in [-0.3, -0.25) is 14.4 Å². The number of hydrogen-bond acceptors (Lipinski definition) is 7. The first kappa shape index (κ1) is 39.0. The molecular formula is C30H56O9. The van der Waals surface area contributed by atoms with E-state index in [0.717, 1.165) is 64.2 Å². The summed E-state index contributed by atoms with van der Waals surface area (Å²) in [4.78, 5) is 44.7. The van der Waals surface area contributed by atoms with Crippen LogP contribution < -0.4 is 0 Å². The normalized spacial score (nSPS) is 12.2. The maximum absolute atomic E-state index is 12.5. The Morgan fingerprint density at radius 3 is 1.33 bits per heavy atom. The standard InChI is InChI=1S/C24H46O5.C6H10O4/c1-7-13-15-17-23(9-3,10-4)28-21(26)19-20(25)22(27)29-24(11-5,12-6)18-16-14-8-2;7-5(8)3-1-2-4-6(9)10/h20,25H,7-19H2,1-6H3;1-4H2,(H,7,8)(H,9,10). The van der Waals surface area contributed by atoms with Crippen LogP contribution in [0.3, 0.4) is 0 Å². The second-order valence-corrected chi connectivity index (χ2v) is 10.3. The third kappa shape index (κ3) is 18.7. The topological polar surface area (TPSA) is 147 Å². The Morgan fingerprint density at radius 2 is 1.00 bits per heavy atom. The van der Waals surface area contributed by atoms with Gasteiger partial charge in [0.15, 0.2) is 6.10 Å². The summed E-state index contributed by atoms with van der Waals surface area (Å²) in [6.45, 7) is 12.3. The fourth-order valence-electron chi connectivity index (χ4n) is 4.35. The molecule has 0 amide bonds. The lowest BCUT2D eigenvalue weighted by Gasteiger charge is -2.33. The molecule has 0 aromatic rings. The van der Waals surface area contributed by atoms with Gasteiger partial charge in [-0.2, -0.15) is 0 Å². The quantitative estimate of drug-likeness (QED) is 0.0958. The molecule has 3 N–H and O–H groups in total. The first-order valence-electron chi connectivity index (χ1n) is 15.0. The Bertz CT molecular complexity index is 666. The molecule has 0 fully saturated rings. The highest BCUT2D eigenvalue weighted by molar-refractivity contribution is 5.82. The molecular weight excluding hydrogens is 504 g/mol. The van der Waals surface area contributed by atoms with Gasteiger partial charge in [0.05, 0.1) is 6.42 Å². The van der Waals surface area contributed by atoms with Crippen LogP contribution in [0.1, 0.15) is 151 Å². The van der Waals surface area contributed by atoms with E-state index in [-0.39, 0.29) is 19.3 Å². The van der Waals surface area contributed by atoms with Crippen LogP contribution in [0.4, 0.5) is 0 Å². The monoisotopic (exact) mass is 560 g/mol. The minimum Gasteiger partial charge on any atom is -0.481 e. The number of carboxylic acids is 2. The van der Waals surface area contributed by atoms with Gasteiger partial charge in [0.2, 0.25) is 0 Å². The van der Waals surface area contributed by atoms with Crippen molar-refractivity contribution in [3.05, 3.63) is 0 Å². The predicted octanol–water partition coefficient (Wildman–Crippen LogP) is 6.82. The number of ether oxygens (including phenoxy) is 2. The van der Waals surface area contributed by atoms with Gasteiger partial charge in [-0.1, -0.05) is 67.2 Å². The van der Waals surface area contributed by atoms with Crippen molar-refractivity contribution in [2.45, 2.75) is 168 Å². The largest absolute Gasteiger partial charge is 0.481 e. The lowest BCUT2D eigenvalue weighted by Crippen LogP contribution is -2.40. The van der Waals surface area contributed by atoms with Gasteiger partial charge in [0.25, 0.3) is 0 Å². The average molecular weight is 561 g/mol. The summed E-state index contributed by atoms with van der Waals surface area (Å²) >= 11 is 0. The number of rotatable bonds is 22. The summed E-state index contributed by atoms with van der Waals surface area (Å²) in [6, 6.07) is 0. The van der Waals surface area contributed by atoms with E-state index in [9.17, 15) is 24.3 Å². The summed E-state index contributed by atoms with van der Waals surface area (Å²) in [5.41, 5.74) is -1.07. The van der Waals surface area contributed by atoms with Gasteiger partial charge in [0.1, 0.15) is 11.2 Å². The zero-order valence-corrected chi connectivity index (χ0v) is 25.4. The number of carbonyl (C=O) groups excluding carboxylic acids is 2. The molecule has 0 spiro atoms. The highest BCUT2D eigenvalue weighted by Gasteiger charge is 2.35. The maximum Gasteiger partial charge on any atom is 0.336 e. The van der Waals surface area contributed by atoms with Crippen LogP contribution in [-0.2, 0) is 28.7 Å². The summed E-state index contributed by atoms with van der Waals surface area (Å²) in [5.74, 6) is -2.98. The van der Waals surface area contributed by atoms with Crippen molar-refractivity contribution in [1.29, 1.82) is 0 Å². The second kappa shape index (κ2) is 22.6. The van der Waals surface area contributed by atoms with E-state index in [1.165, 1.54) is 0 Å². The number of esters is 2.